The Morgan fingerprint density at radius 1 is 0.378 bits per heavy atom. The summed E-state index contributed by atoms with van der Waals surface area (Å²) in [5, 5.41) is 9.80. The fourth-order valence-corrected chi connectivity index (χ4v) is 9.57. The van der Waals surface area contributed by atoms with E-state index in [2.05, 4.69) is 57.2 Å². The van der Waals surface area contributed by atoms with Crippen molar-refractivity contribution in [1.29, 1.82) is 0 Å². The summed E-state index contributed by atoms with van der Waals surface area (Å²) in [4.78, 5) is 48.6. The number of phosphoric acid groups is 1. The van der Waals surface area contributed by atoms with E-state index >= 15 is 0 Å². The van der Waals surface area contributed by atoms with Gasteiger partial charge >= 0.3 is 25.7 Å². The summed E-state index contributed by atoms with van der Waals surface area (Å²) in [5.74, 6) is -1.46. The maximum Gasteiger partial charge on any atom is 0.472 e. The molecule has 0 aromatic carbocycles. The zero-order chi connectivity index (χ0) is 54.1. The SMILES string of the molecule is CCCC/C=C\CCCCCCCC(=O)OC(CO)COP(=O)(O)OCC(COC(=O)CCCCCCCCCCC/C=C\C/C=C\CCCCC)OC(=O)CCCCCCCCCCCCCCCCCCC. The lowest BCUT2D eigenvalue weighted by Gasteiger charge is -2.21. The molecule has 0 fully saturated rings. The Balaban J connectivity index is 4.67. The Hall–Kier alpha value is -2.30. The van der Waals surface area contributed by atoms with Crippen LogP contribution in [0.2, 0.25) is 0 Å². The predicted molar refractivity (Wildman–Crippen MR) is 307 cm³/mol. The van der Waals surface area contributed by atoms with Gasteiger partial charge in [-0.25, -0.2) is 4.57 Å². The number of rotatable bonds is 58. The van der Waals surface area contributed by atoms with Gasteiger partial charge in [-0.3, -0.25) is 23.4 Å². The quantitative estimate of drug-likeness (QED) is 0.0197. The van der Waals surface area contributed by atoms with Gasteiger partial charge in [-0.15, -0.1) is 0 Å². The summed E-state index contributed by atoms with van der Waals surface area (Å²) in [6.07, 6.45) is 59.6. The third kappa shape index (κ3) is 54.5. The second-order valence-electron chi connectivity index (χ2n) is 20.9. The normalized spacial score (nSPS) is 13.5. The summed E-state index contributed by atoms with van der Waals surface area (Å²) < 4.78 is 39.6. The highest BCUT2D eigenvalue weighted by molar-refractivity contribution is 7.47. The number of ether oxygens (including phenoxy) is 3. The third-order valence-electron chi connectivity index (χ3n) is 13.5. The Bertz CT molecular complexity index is 1380. The average Bonchev–Trinajstić information content (AvgIpc) is 3.39. The first-order chi connectivity index (χ1) is 36.2. The van der Waals surface area contributed by atoms with Crippen LogP contribution in [0.4, 0.5) is 0 Å². The van der Waals surface area contributed by atoms with Crippen molar-refractivity contribution in [1.82, 2.24) is 0 Å². The number of esters is 3. The molecule has 0 spiro atoms. The van der Waals surface area contributed by atoms with Gasteiger partial charge in [0.2, 0.25) is 0 Å². The van der Waals surface area contributed by atoms with E-state index in [0.717, 1.165) is 89.9 Å². The Morgan fingerprint density at radius 3 is 1.08 bits per heavy atom. The molecule has 0 bridgehead atoms. The van der Waals surface area contributed by atoms with Crippen LogP contribution in [0.5, 0.6) is 0 Å². The molecule has 0 aliphatic heterocycles. The molecular formula is C62H115O11P. The van der Waals surface area contributed by atoms with Gasteiger partial charge in [0.15, 0.2) is 6.10 Å². The number of aliphatic hydroxyl groups is 1. The fraction of sp³-hybridized carbons (Fsp3) is 0.855. The van der Waals surface area contributed by atoms with Gasteiger partial charge in [-0.1, -0.05) is 250 Å². The zero-order valence-electron chi connectivity index (χ0n) is 48.1. The van der Waals surface area contributed by atoms with Crippen molar-refractivity contribution >= 4 is 25.7 Å². The minimum atomic E-state index is -4.75. The first-order valence-corrected chi connectivity index (χ1v) is 32.4. The summed E-state index contributed by atoms with van der Waals surface area (Å²) in [7, 11) is -4.75. The summed E-state index contributed by atoms with van der Waals surface area (Å²) in [5.41, 5.74) is 0. The number of hydrogen-bond acceptors (Lipinski definition) is 10. The van der Waals surface area contributed by atoms with Crippen molar-refractivity contribution in [2.45, 2.75) is 315 Å². The van der Waals surface area contributed by atoms with E-state index in [-0.39, 0.29) is 25.9 Å². The number of unbranched alkanes of at least 4 members (excludes halogenated alkanes) is 35. The van der Waals surface area contributed by atoms with Crippen LogP contribution >= 0.6 is 7.82 Å². The van der Waals surface area contributed by atoms with Crippen molar-refractivity contribution in [3.05, 3.63) is 36.5 Å². The van der Waals surface area contributed by atoms with Gasteiger partial charge in [0, 0.05) is 19.3 Å². The Kier molecular flexibility index (Phi) is 55.1. The van der Waals surface area contributed by atoms with Gasteiger partial charge in [0.25, 0.3) is 0 Å². The number of carbonyl (C=O) groups is 3. The molecule has 0 radical (unpaired) electrons. The van der Waals surface area contributed by atoms with Crippen molar-refractivity contribution < 1.29 is 52.2 Å². The summed E-state index contributed by atoms with van der Waals surface area (Å²) in [6.45, 7) is 4.62. The van der Waals surface area contributed by atoms with Crippen LogP contribution in [0.15, 0.2) is 36.5 Å². The highest BCUT2D eigenvalue weighted by Crippen LogP contribution is 2.43. The second-order valence-corrected chi connectivity index (χ2v) is 22.3. The van der Waals surface area contributed by atoms with E-state index in [1.807, 2.05) is 0 Å². The first kappa shape index (κ1) is 71.7. The standard InChI is InChI=1S/C62H115O11P/c1-4-7-10-13-16-19-22-24-26-28-29-31-32-34-37-39-42-45-48-51-60(64)69-55-59(73-62(66)53-50-47-44-41-38-35-33-30-27-25-23-20-17-14-11-8-5-2)57-71-74(67,68)70-56-58(54-63)72-61(65)52-49-46-43-40-36-21-18-15-12-9-6-3/h15-16,18-19,24,26,58-59,63H,4-14,17,20-23,25,27-57H2,1-3H3,(H,67,68)/b18-15-,19-16-,26-24-. The highest BCUT2D eigenvalue weighted by Gasteiger charge is 2.28. The van der Waals surface area contributed by atoms with E-state index in [4.69, 9.17) is 23.3 Å². The van der Waals surface area contributed by atoms with Gasteiger partial charge in [-0.2, -0.15) is 0 Å². The molecule has 0 aromatic heterocycles. The molecule has 11 nitrogen and oxygen atoms in total. The molecule has 12 heteroatoms. The van der Waals surface area contributed by atoms with Crippen LogP contribution in [0, 0.1) is 0 Å². The predicted octanol–water partition coefficient (Wildman–Crippen LogP) is 18.4. The van der Waals surface area contributed by atoms with Crippen LogP contribution in [0.1, 0.15) is 303 Å². The van der Waals surface area contributed by atoms with Crippen LogP contribution in [0.3, 0.4) is 0 Å². The second kappa shape index (κ2) is 56.9. The van der Waals surface area contributed by atoms with Crippen molar-refractivity contribution in [3.63, 3.8) is 0 Å². The zero-order valence-corrected chi connectivity index (χ0v) is 49.0. The average molecular weight is 1070 g/mol. The van der Waals surface area contributed by atoms with E-state index in [1.165, 1.54) is 154 Å². The number of phosphoric ester groups is 1. The van der Waals surface area contributed by atoms with Gasteiger partial charge in [0.1, 0.15) is 12.7 Å². The highest BCUT2D eigenvalue weighted by atomic mass is 31.2. The molecule has 2 N–H and O–H groups in total. The van der Waals surface area contributed by atoms with E-state index in [9.17, 15) is 28.9 Å². The first-order valence-electron chi connectivity index (χ1n) is 30.9. The minimum absolute atomic E-state index is 0.169. The number of hydrogen-bond donors (Lipinski definition) is 2. The van der Waals surface area contributed by atoms with Crippen LogP contribution in [-0.2, 0) is 42.2 Å². The van der Waals surface area contributed by atoms with Crippen LogP contribution < -0.4 is 0 Å². The third-order valence-corrected chi connectivity index (χ3v) is 14.5. The number of aliphatic hydroxyl groups excluding tert-OH is 1. The van der Waals surface area contributed by atoms with Crippen LogP contribution in [0.25, 0.3) is 0 Å². The van der Waals surface area contributed by atoms with Crippen LogP contribution in [-0.4, -0.2) is 66.5 Å². The molecule has 0 heterocycles. The Morgan fingerprint density at radius 2 is 0.676 bits per heavy atom. The molecular weight excluding hydrogens is 952 g/mol. The van der Waals surface area contributed by atoms with Crippen molar-refractivity contribution in [2.75, 3.05) is 26.4 Å². The molecule has 0 aliphatic rings. The maximum absolute atomic E-state index is 12.9. The molecule has 434 valence electrons. The van der Waals surface area contributed by atoms with Gasteiger partial charge in [0.05, 0.1) is 19.8 Å². The largest absolute Gasteiger partial charge is 0.472 e. The molecule has 3 unspecified atom stereocenters. The molecule has 0 saturated heterocycles. The summed E-state index contributed by atoms with van der Waals surface area (Å²) in [6, 6.07) is 0. The lowest BCUT2D eigenvalue weighted by atomic mass is 10.0. The summed E-state index contributed by atoms with van der Waals surface area (Å²) >= 11 is 0. The molecule has 3 atom stereocenters. The molecule has 0 aliphatic carbocycles. The molecule has 74 heavy (non-hydrogen) atoms. The molecule has 0 rings (SSSR count). The smallest absolute Gasteiger partial charge is 0.462 e. The lowest BCUT2D eigenvalue weighted by Crippen LogP contribution is -2.30. The monoisotopic (exact) mass is 1070 g/mol. The Labute approximate surface area is 454 Å². The lowest BCUT2D eigenvalue weighted by molar-refractivity contribution is -0.161. The number of allylic oxidation sites excluding steroid dienone is 6. The van der Waals surface area contributed by atoms with Crippen molar-refractivity contribution in [2.24, 2.45) is 0 Å². The van der Waals surface area contributed by atoms with E-state index in [1.54, 1.807) is 0 Å². The minimum Gasteiger partial charge on any atom is -0.462 e. The fourth-order valence-electron chi connectivity index (χ4n) is 8.78. The van der Waals surface area contributed by atoms with E-state index in [0.29, 0.717) is 19.3 Å². The molecule has 0 aromatic rings. The van der Waals surface area contributed by atoms with E-state index < -0.39 is 57.8 Å². The molecule has 0 saturated carbocycles. The molecule has 0 amide bonds. The topological polar surface area (TPSA) is 155 Å². The number of carbonyl (C=O) groups excluding carboxylic acids is 3. The maximum atomic E-state index is 12.9. The van der Waals surface area contributed by atoms with Gasteiger partial charge in [-0.05, 0) is 70.6 Å². The van der Waals surface area contributed by atoms with Crippen molar-refractivity contribution in [3.8, 4) is 0 Å². The van der Waals surface area contributed by atoms with Gasteiger partial charge < -0.3 is 24.2 Å².